The fraction of sp³-hybridized carbons (Fsp3) is 0.130. The van der Waals surface area contributed by atoms with Gasteiger partial charge >= 0.3 is 0 Å². The Labute approximate surface area is 178 Å². The first-order valence-corrected chi connectivity index (χ1v) is 10.0. The summed E-state index contributed by atoms with van der Waals surface area (Å²) in [4.78, 5) is 17.9. The van der Waals surface area contributed by atoms with E-state index in [0.717, 1.165) is 5.56 Å². The normalized spacial score (nSPS) is 11.0. The van der Waals surface area contributed by atoms with E-state index in [9.17, 15) is 4.79 Å². The van der Waals surface area contributed by atoms with Crippen LogP contribution in [0.2, 0.25) is 10.0 Å². The number of hydrogen-bond acceptors (Lipinski definition) is 3. The average Bonchev–Trinajstić information content (AvgIpc) is 2.74. The van der Waals surface area contributed by atoms with Crippen molar-refractivity contribution >= 4 is 34.1 Å². The first-order valence-electron chi connectivity index (χ1n) is 9.26. The predicted octanol–water partition coefficient (Wildman–Crippen LogP) is 5.84. The number of rotatable bonds is 6. The molecule has 0 N–H and O–H groups in total. The molecule has 0 aliphatic heterocycles. The minimum Gasteiger partial charge on any atom is -0.492 e. The van der Waals surface area contributed by atoms with Gasteiger partial charge in [0.25, 0.3) is 5.56 Å². The number of halogens is 2. The van der Waals surface area contributed by atoms with E-state index in [1.807, 2.05) is 48.5 Å². The summed E-state index contributed by atoms with van der Waals surface area (Å²) >= 11 is 12.2. The highest BCUT2D eigenvalue weighted by Crippen LogP contribution is 2.24. The Morgan fingerprint density at radius 2 is 1.62 bits per heavy atom. The minimum absolute atomic E-state index is 0.0710. The van der Waals surface area contributed by atoms with Gasteiger partial charge in [-0.2, -0.15) is 0 Å². The second-order valence-electron chi connectivity index (χ2n) is 6.55. The number of ether oxygens (including phenoxy) is 1. The third-order valence-electron chi connectivity index (χ3n) is 4.58. The molecular formula is C23H18Cl2N2O2. The average molecular weight is 425 g/mol. The molecule has 0 radical (unpaired) electrons. The largest absolute Gasteiger partial charge is 0.492 e. The fourth-order valence-electron chi connectivity index (χ4n) is 3.16. The van der Waals surface area contributed by atoms with Crippen molar-refractivity contribution < 1.29 is 4.74 Å². The molecule has 0 saturated heterocycles. The summed E-state index contributed by atoms with van der Waals surface area (Å²) in [5.74, 6) is 1.25. The van der Waals surface area contributed by atoms with Gasteiger partial charge in [-0.3, -0.25) is 9.36 Å². The molecule has 1 aromatic heterocycles. The number of hydrogen-bond donors (Lipinski definition) is 0. The zero-order chi connectivity index (χ0) is 20.2. The van der Waals surface area contributed by atoms with Crippen molar-refractivity contribution in [3.63, 3.8) is 0 Å². The molecule has 0 bridgehead atoms. The van der Waals surface area contributed by atoms with Crippen LogP contribution in [0.4, 0.5) is 0 Å². The Bertz CT molecular complexity index is 1200. The van der Waals surface area contributed by atoms with Crippen LogP contribution in [0.25, 0.3) is 22.3 Å². The number of fused-ring (bicyclic) bond motifs is 1. The van der Waals surface area contributed by atoms with Crippen molar-refractivity contribution in [3.8, 4) is 17.1 Å². The van der Waals surface area contributed by atoms with E-state index in [1.165, 1.54) is 0 Å². The molecule has 1 heterocycles. The zero-order valence-corrected chi connectivity index (χ0v) is 17.0. The Morgan fingerprint density at radius 3 is 2.41 bits per heavy atom. The Morgan fingerprint density at radius 1 is 0.897 bits per heavy atom. The van der Waals surface area contributed by atoms with E-state index in [4.69, 9.17) is 32.9 Å². The highest BCUT2D eigenvalue weighted by Gasteiger charge is 2.13. The SMILES string of the molecule is O=c1c2ccccc2nc(-c2ccc(Cl)cc2)n1CCCOc1ccccc1Cl. The van der Waals surface area contributed by atoms with E-state index in [-0.39, 0.29) is 5.56 Å². The van der Waals surface area contributed by atoms with E-state index in [2.05, 4.69) is 0 Å². The molecule has 6 heteroatoms. The van der Waals surface area contributed by atoms with Crippen LogP contribution in [-0.4, -0.2) is 16.2 Å². The van der Waals surface area contributed by atoms with E-state index >= 15 is 0 Å². The van der Waals surface area contributed by atoms with E-state index < -0.39 is 0 Å². The van der Waals surface area contributed by atoms with Crippen molar-refractivity contribution in [1.29, 1.82) is 0 Å². The predicted molar refractivity (Wildman–Crippen MR) is 118 cm³/mol. The van der Waals surface area contributed by atoms with Crippen molar-refractivity contribution in [2.75, 3.05) is 6.61 Å². The molecule has 3 aromatic carbocycles. The van der Waals surface area contributed by atoms with Gasteiger partial charge in [-0.15, -0.1) is 0 Å². The molecule has 4 aromatic rings. The molecule has 29 heavy (non-hydrogen) atoms. The fourth-order valence-corrected chi connectivity index (χ4v) is 3.48. The molecule has 0 fully saturated rings. The van der Waals surface area contributed by atoms with Crippen molar-refractivity contribution in [1.82, 2.24) is 9.55 Å². The number of benzene rings is 3. The first-order chi connectivity index (χ1) is 14.1. The third-order valence-corrected chi connectivity index (χ3v) is 5.15. The van der Waals surface area contributed by atoms with Gasteiger partial charge in [0.05, 0.1) is 22.5 Å². The van der Waals surface area contributed by atoms with Crippen LogP contribution >= 0.6 is 23.2 Å². The smallest absolute Gasteiger partial charge is 0.261 e. The molecule has 4 rings (SSSR count). The molecular weight excluding hydrogens is 407 g/mol. The van der Waals surface area contributed by atoms with Crippen molar-refractivity contribution in [3.05, 3.63) is 93.2 Å². The molecule has 0 atom stereocenters. The molecule has 0 amide bonds. The third kappa shape index (κ3) is 4.29. The maximum absolute atomic E-state index is 13.1. The lowest BCUT2D eigenvalue weighted by atomic mass is 10.1. The van der Waals surface area contributed by atoms with Gasteiger partial charge in [0.1, 0.15) is 11.6 Å². The van der Waals surface area contributed by atoms with Gasteiger partial charge in [-0.05, 0) is 55.0 Å². The van der Waals surface area contributed by atoms with Crippen LogP contribution in [0.1, 0.15) is 6.42 Å². The number of nitrogens with zero attached hydrogens (tertiary/aromatic N) is 2. The maximum atomic E-state index is 13.1. The maximum Gasteiger partial charge on any atom is 0.261 e. The molecule has 4 nitrogen and oxygen atoms in total. The monoisotopic (exact) mass is 424 g/mol. The van der Waals surface area contributed by atoms with Crippen LogP contribution in [0.15, 0.2) is 77.6 Å². The van der Waals surface area contributed by atoms with Gasteiger partial charge in [-0.1, -0.05) is 47.5 Å². The van der Waals surface area contributed by atoms with Gasteiger partial charge in [0.15, 0.2) is 0 Å². The molecule has 146 valence electrons. The van der Waals surface area contributed by atoms with Crippen LogP contribution < -0.4 is 10.3 Å². The molecule has 0 aliphatic carbocycles. The molecule has 0 unspecified atom stereocenters. The standard InChI is InChI=1S/C23H18Cl2N2O2/c24-17-12-10-16(11-13-17)22-26-20-8-3-1-6-18(20)23(28)27(22)14-5-15-29-21-9-4-2-7-19(21)25/h1-4,6-13H,5,14-15H2. The Hall–Kier alpha value is -2.82. The van der Waals surface area contributed by atoms with Crippen LogP contribution in [0.5, 0.6) is 5.75 Å². The van der Waals surface area contributed by atoms with Crippen molar-refractivity contribution in [2.45, 2.75) is 13.0 Å². The summed E-state index contributed by atoms with van der Waals surface area (Å²) in [6.07, 6.45) is 0.631. The van der Waals surface area contributed by atoms with Crippen molar-refractivity contribution in [2.24, 2.45) is 0 Å². The molecule has 0 saturated carbocycles. The van der Waals surface area contributed by atoms with Crippen LogP contribution in [0, 0.1) is 0 Å². The van der Waals surface area contributed by atoms with Crippen LogP contribution in [0.3, 0.4) is 0 Å². The number of para-hydroxylation sites is 2. The lowest BCUT2D eigenvalue weighted by Gasteiger charge is -2.14. The van der Waals surface area contributed by atoms with Gasteiger partial charge in [0.2, 0.25) is 0 Å². The summed E-state index contributed by atoms with van der Waals surface area (Å²) in [5, 5.41) is 1.80. The number of aromatic nitrogens is 2. The second kappa shape index (κ2) is 8.68. The summed E-state index contributed by atoms with van der Waals surface area (Å²) in [6.45, 7) is 0.905. The molecule has 0 spiro atoms. The minimum atomic E-state index is -0.0710. The Balaban J connectivity index is 1.64. The highest BCUT2D eigenvalue weighted by molar-refractivity contribution is 6.32. The lowest BCUT2D eigenvalue weighted by molar-refractivity contribution is 0.301. The second-order valence-corrected chi connectivity index (χ2v) is 7.39. The Kier molecular flexibility index (Phi) is 5.84. The van der Waals surface area contributed by atoms with E-state index in [1.54, 1.807) is 28.8 Å². The topological polar surface area (TPSA) is 44.1 Å². The summed E-state index contributed by atoms with van der Waals surface area (Å²) < 4.78 is 7.46. The van der Waals surface area contributed by atoms with Gasteiger partial charge in [0, 0.05) is 17.1 Å². The lowest BCUT2D eigenvalue weighted by Crippen LogP contribution is -2.24. The van der Waals surface area contributed by atoms with E-state index in [0.29, 0.717) is 52.1 Å². The molecule has 0 aliphatic rings. The first kappa shape index (κ1) is 19.5. The summed E-state index contributed by atoms with van der Waals surface area (Å²) in [7, 11) is 0. The zero-order valence-electron chi connectivity index (χ0n) is 15.5. The summed E-state index contributed by atoms with van der Waals surface area (Å²) in [5.41, 5.74) is 1.44. The van der Waals surface area contributed by atoms with Gasteiger partial charge < -0.3 is 4.74 Å². The van der Waals surface area contributed by atoms with Crippen LogP contribution in [-0.2, 0) is 6.54 Å². The van der Waals surface area contributed by atoms with Gasteiger partial charge in [-0.25, -0.2) is 4.98 Å². The summed E-state index contributed by atoms with van der Waals surface area (Å²) in [6, 6.07) is 22.0. The quantitative estimate of drug-likeness (QED) is 0.365. The highest BCUT2D eigenvalue weighted by atomic mass is 35.5.